The van der Waals surface area contributed by atoms with Crippen molar-refractivity contribution in [3.8, 4) is 0 Å². The molecule has 0 saturated heterocycles. The first-order chi connectivity index (χ1) is 9.90. The SMILES string of the molecule is CC(C)C(c1nc(Cc2c(F)cccc2Cl)no1)C(C)N. The van der Waals surface area contributed by atoms with E-state index in [4.69, 9.17) is 21.9 Å². The number of hydrogen-bond acceptors (Lipinski definition) is 4. The van der Waals surface area contributed by atoms with Gasteiger partial charge in [-0.05, 0) is 25.0 Å². The standard InChI is InChI=1S/C15H19ClFN3O/c1-8(2)14(9(3)18)15-19-13(20-21-15)7-10-11(16)5-4-6-12(10)17/h4-6,8-9,14H,7,18H2,1-3H3. The first kappa shape index (κ1) is 15.9. The lowest BCUT2D eigenvalue weighted by atomic mass is 9.90. The summed E-state index contributed by atoms with van der Waals surface area (Å²) in [6.45, 7) is 6.00. The van der Waals surface area contributed by atoms with Gasteiger partial charge < -0.3 is 10.3 Å². The lowest BCUT2D eigenvalue weighted by Gasteiger charge is -2.20. The minimum atomic E-state index is -0.374. The summed E-state index contributed by atoms with van der Waals surface area (Å²) in [7, 11) is 0. The predicted octanol–water partition coefficient (Wildman–Crippen LogP) is 3.54. The maximum absolute atomic E-state index is 13.8. The predicted molar refractivity (Wildman–Crippen MR) is 79.7 cm³/mol. The number of nitrogens with two attached hydrogens (primary N) is 1. The van der Waals surface area contributed by atoms with Gasteiger partial charge in [-0.1, -0.05) is 36.7 Å². The third-order valence-corrected chi connectivity index (χ3v) is 3.80. The molecule has 0 aliphatic heterocycles. The number of rotatable bonds is 5. The molecule has 114 valence electrons. The zero-order valence-electron chi connectivity index (χ0n) is 12.3. The van der Waals surface area contributed by atoms with Crippen LogP contribution in [-0.4, -0.2) is 16.2 Å². The zero-order chi connectivity index (χ0) is 15.6. The minimum Gasteiger partial charge on any atom is -0.339 e. The van der Waals surface area contributed by atoms with Crippen LogP contribution in [0, 0.1) is 11.7 Å². The number of hydrogen-bond donors (Lipinski definition) is 1. The van der Waals surface area contributed by atoms with Crippen LogP contribution in [0.4, 0.5) is 4.39 Å². The Morgan fingerprint density at radius 2 is 2.05 bits per heavy atom. The molecule has 0 spiro atoms. The Morgan fingerprint density at radius 3 is 2.62 bits per heavy atom. The lowest BCUT2D eigenvalue weighted by molar-refractivity contribution is 0.298. The molecule has 2 unspecified atom stereocenters. The van der Waals surface area contributed by atoms with E-state index in [-0.39, 0.29) is 30.1 Å². The van der Waals surface area contributed by atoms with Crippen LogP contribution in [0.3, 0.4) is 0 Å². The molecule has 2 rings (SSSR count). The number of halogens is 2. The largest absolute Gasteiger partial charge is 0.339 e. The molecule has 2 atom stereocenters. The second kappa shape index (κ2) is 6.54. The molecule has 2 N–H and O–H groups in total. The van der Waals surface area contributed by atoms with Crippen LogP contribution in [0.15, 0.2) is 22.7 Å². The van der Waals surface area contributed by atoms with Gasteiger partial charge in [-0.15, -0.1) is 0 Å². The Kier molecular flexibility index (Phi) is 4.96. The summed E-state index contributed by atoms with van der Waals surface area (Å²) in [5.41, 5.74) is 6.34. The van der Waals surface area contributed by atoms with Gasteiger partial charge in [-0.2, -0.15) is 4.98 Å². The van der Waals surface area contributed by atoms with E-state index in [1.165, 1.54) is 6.07 Å². The third kappa shape index (κ3) is 3.60. The van der Waals surface area contributed by atoms with Crippen LogP contribution in [-0.2, 0) is 6.42 Å². The lowest BCUT2D eigenvalue weighted by Crippen LogP contribution is -2.28. The van der Waals surface area contributed by atoms with Crippen LogP contribution in [0.2, 0.25) is 5.02 Å². The molecule has 0 bridgehead atoms. The summed E-state index contributed by atoms with van der Waals surface area (Å²) in [6.07, 6.45) is 0.193. The molecule has 21 heavy (non-hydrogen) atoms. The van der Waals surface area contributed by atoms with Gasteiger partial charge >= 0.3 is 0 Å². The van der Waals surface area contributed by atoms with Crippen LogP contribution < -0.4 is 5.73 Å². The molecule has 6 heteroatoms. The van der Waals surface area contributed by atoms with Crippen molar-refractivity contribution in [2.45, 2.75) is 39.2 Å². The van der Waals surface area contributed by atoms with Crippen molar-refractivity contribution < 1.29 is 8.91 Å². The van der Waals surface area contributed by atoms with Gasteiger partial charge in [0.1, 0.15) is 5.82 Å². The highest BCUT2D eigenvalue weighted by Crippen LogP contribution is 2.27. The monoisotopic (exact) mass is 311 g/mol. The Labute approximate surface area is 128 Å². The summed E-state index contributed by atoms with van der Waals surface area (Å²) >= 11 is 6.00. The van der Waals surface area contributed by atoms with E-state index in [2.05, 4.69) is 10.1 Å². The molecule has 0 amide bonds. The number of aromatic nitrogens is 2. The topological polar surface area (TPSA) is 64.9 Å². The molecule has 1 aromatic carbocycles. The Morgan fingerprint density at radius 1 is 1.33 bits per heavy atom. The Balaban J connectivity index is 2.24. The van der Waals surface area contributed by atoms with Crippen molar-refractivity contribution in [2.75, 3.05) is 0 Å². The summed E-state index contributed by atoms with van der Waals surface area (Å²) in [5.74, 6) is 0.768. The molecule has 0 aliphatic carbocycles. The molecule has 0 saturated carbocycles. The van der Waals surface area contributed by atoms with E-state index < -0.39 is 0 Å². The molecule has 4 nitrogen and oxygen atoms in total. The van der Waals surface area contributed by atoms with E-state index >= 15 is 0 Å². The molecule has 0 fully saturated rings. The highest BCUT2D eigenvalue weighted by Gasteiger charge is 2.26. The molecule has 0 aliphatic rings. The molecule has 1 heterocycles. The maximum atomic E-state index is 13.8. The van der Waals surface area contributed by atoms with Gasteiger partial charge in [-0.3, -0.25) is 0 Å². The number of nitrogens with zero attached hydrogens (tertiary/aromatic N) is 2. The maximum Gasteiger partial charge on any atom is 0.231 e. The molecular formula is C15H19ClFN3O. The summed E-state index contributed by atoms with van der Waals surface area (Å²) in [4.78, 5) is 4.35. The van der Waals surface area contributed by atoms with E-state index in [0.29, 0.717) is 22.3 Å². The van der Waals surface area contributed by atoms with Gasteiger partial charge in [0.05, 0.1) is 5.92 Å². The summed E-state index contributed by atoms with van der Waals surface area (Å²) in [6, 6.07) is 4.46. The van der Waals surface area contributed by atoms with Crippen LogP contribution >= 0.6 is 11.6 Å². The summed E-state index contributed by atoms with van der Waals surface area (Å²) in [5, 5.41) is 4.27. The van der Waals surface area contributed by atoms with Gasteiger partial charge in [0.25, 0.3) is 0 Å². The van der Waals surface area contributed by atoms with E-state index in [1.807, 2.05) is 20.8 Å². The fourth-order valence-corrected chi connectivity index (χ4v) is 2.68. The summed E-state index contributed by atoms with van der Waals surface area (Å²) < 4.78 is 19.1. The zero-order valence-corrected chi connectivity index (χ0v) is 13.1. The molecule has 2 aromatic rings. The second-order valence-electron chi connectivity index (χ2n) is 5.55. The average molecular weight is 312 g/mol. The smallest absolute Gasteiger partial charge is 0.231 e. The Hall–Kier alpha value is -1.46. The highest BCUT2D eigenvalue weighted by molar-refractivity contribution is 6.31. The first-order valence-electron chi connectivity index (χ1n) is 6.91. The molecule has 1 aromatic heterocycles. The van der Waals surface area contributed by atoms with E-state index in [1.54, 1.807) is 12.1 Å². The van der Waals surface area contributed by atoms with Crippen LogP contribution in [0.1, 0.15) is 44.0 Å². The van der Waals surface area contributed by atoms with Gasteiger partial charge in [0, 0.05) is 23.0 Å². The van der Waals surface area contributed by atoms with E-state index in [9.17, 15) is 4.39 Å². The minimum absolute atomic E-state index is 0.0256. The van der Waals surface area contributed by atoms with Crippen molar-refractivity contribution in [3.63, 3.8) is 0 Å². The fourth-order valence-electron chi connectivity index (χ4n) is 2.45. The highest BCUT2D eigenvalue weighted by atomic mass is 35.5. The average Bonchev–Trinajstić information content (AvgIpc) is 2.81. The van der Waals surface area contributed by atoms with E-state index in [0.717, 1.165) is 0 Å². The number of benzene rings is 1. The Bertz CT molecular complexity index is 584. The van der Waals surface area contributed by atoms with Crippen molar-refractivity contribution in [3.05, 3.63) is 46.3 Å². The van der Waals surface area contributed by atoms with Gasteiger partial charge in [0.15, 0.2) is 5.82 Å². The molecule has 0 radical (unpaired) electrons. The van der Waals surface area contributed by atoms with Crippen molar-refractivity contribution >= 4 is 11.6 Å². The van der Waals surface area contributed by atoms with Crippen molar-refractivity contribution in [2.24, 2.45) is 11.7 Å². The normalized spacial score (nSPS) is 14.4. The van der Waals surface area contributed by atoms with Crippen molar-refractivity contribution in [1.29, 1.82) is 0 Å². The van der Waals surface area contributed by atoms with Crippen LogP contribution in [0.5, 0.6) is 0 Å². The van der Waals surface area contributed by atoms with Gasteiger partial charge in [-0.25, -0.2) is 4.39 Å². The first-order valence-corrected chi connectivity index (χ1v) is 7.29. The van der Waals surface area contributed by atoms with Gasteiger partial charge in [0.2, 0.25) is 5.89 Å². The third-order valence-electron chi connectivity index (χ3n) is 3.45. The van der Waals surface area contributed by atoms with Crippen molar-refractivity contribution in [1.82, 2.24) is 10.1 Å². The molecular weight excluding hydrogens is 293 g/mol. The second-order valence-corrected chi connectivity index (χ2v) is 5.96. The quantitative estimate of drug-likeness (QED) is 0.917. The van der Waals surface area contributed by atoms with Crippen LogP contribution in [0.25, 0.3) is 0 Å². The fraction of sp³-hybridized carbons (Fsp3) is 0.467.